The van der Waals surface area contributed by atoms with E-state index in [1.165, 1.54) is 44.6 Å². The molecule has 0 spiro atoms. The van der Waals surface area contributed by atoms with E-state index in [4.69, 9.17) is 23.7 Å². The Morgan fingerprint density at radius 2 is 1.08 bits per heavy atom. The molecule has 0 fully saturated rings. The third-order valence-electron chi connectivity index (χ3n) is 11.0. The zero-order valence-electron chi connectivity index (χ0n) is 38.4. The number of carbonyl (C=O) groups excluding carboxylic acids is 1. The minimum atomic E-state index is -4.40. The van der Waals surface area contributed by atoms with Gasteiger partial charge in [0.1, 0.15) is 0 Å². The van der Waals surface area contributed by atoms with Crippen molar-refractivity contribution in [3.63, 3.8) is 0 Å². The van der Waals surface area contributed by atoms with Gasteiger partial charge < -0.3 is 33.9 Å². The van der Waals surface area contributed by atoms with Gasteiger partial charge in [0.25, 0.3) is 5.91 Å². The van der Waals surface area contributed by atoms with Gasteiger partial charge in [0.15, 0.2) is 29.1 Å². The summed E-state index contributed by atoms with van der Waals surface area (Å²) < 4.78 is 102. The van der Waals surface area contributed by atoms with Crippen molar-refractivity contribution in [1.82, 2.24) is 0 Å². The number of halogens is 6. The first-order valence-corrected chi connectivity index (χ1v) is 22.1. The van der Waals surface area contributed by atoms with E-state index in [2.05, 4.69) is 29.6 Å². The highest BCUT2D eigenvalue weighted by atomic mass is 19.4. The summed E-state index contributed by atoms with van der Waals surface area (Å²) in [6, 6.07) is 33.7. The minimum Gasteiger partial charge on any atom is -0.493 e. The molecule has 1 amide bonds. The average Bonchev–Trinajstić information content (AvgIpc) is 3.31. The SMILES string of the molecule is COc1ccc(N(CCc2ccc(C(F)(F)F)cc2)C(=O)[C@@H](OC)c2ccccc2)cc1OC.COc1ccc(NCCc2ccc(CCCCCCCCCC(F)(F)F)cc2)cc1OC. The molecular formula is C52H62F6N2O6. The maximum absolute atomic E-state index is 13.6. The first-order valence-electron chi connectivity index (χ1n) is 22.1. The third-order valence-corrected chi connectivity index (χ3v) is 11.0. The number of benzene rings is 5. The van der Waals surface area contributed by atoms with Gasteiger partial charge in [0.2, 0.25) is 0 Å². The van der Waals surface area contributed by atoms with Crippen molar-refractivity contribution in [3.8, 4) is 23.0 Å². The van der Waals surface area contributed by atoms with Gasteiger partial charge in [-0.05, 0) is 90.8 Å². The number of nitrogens with zero attached hydrogens (tertiary/aromatic N) is 1. The van der Waals surface area contributed by atoms with Gasteiger partial charge in [-0.1, -0.05) is 98.8 Å². The lowest BCUT2D eigenvalue weighted by Crippen LogP contribution is -2.37. The fourth-order valence-corrected chi connectivity index (χ4v) is 7.32. The number of carbonyl (C=O) groups is 1. The van der Waals surface area contributed by atoms with Crippen LogP contribution in [0.5, 0.6) is 23.0 Å². The van der Waals surface area contributed by atoms with Crippen LogP contribution in [0, 0.1) is 0 Å². The summed E-state index contributed by atoms with van der Waals surface area (Å²) in [7, 11) is 7.73. The fraction of sp³-hybridized carbons (Fsp3) is 0.404. The van der Waals surface area contributed by atoms with Crippen LogP contribution in [0.25, 0.3) is 0 Å². The van der Waals surface area contributed by atoms with Crippen LogP contribution in [0.3, 0.4) is 0 Å². The summed E-state index contributed by atoms with van der Waals surface area (Å²) in [6.07, 6.45) is -1.33. The van der Waals surface area contributed by atoms with Crippen molar-refractivity contribution in [1.29, 1.82) is 0 Å². The average molecular weight is 925 g/mol. The summed E-state index contributed by atoms with van der Waals surface area (Å²) in [5.41, 5.74) is 4.82. The van der Waals surface area contributed by atoms with Crippen LogP contribution >= 0.6 is 0 Å². The largest absolute Gasteiger partial charge is 0.493 e. The van der Waals surface area contributed by atoms with E-state index < -0.39 is 30.4 Å². The molecule has 5 rings (SSSR count). The lowest BCUT2D eigenvalue weighted by molar-refractivity contribution is -0.137. The molecule has 0 aromatic heterocycles. The monoisotopic (exact) mass is 924 g/mol. The predicted molar refractivity (Wildman–Crippen MR) is 248 cm³/mol. The number of rotatable bonds is 24. The first-order chi connectivity index (χ1) is 31.7. The molecule has 0 bridgehead atoms. The standard InChI is InChI=1S/C26H26F3NO4.C26H36F3NO2/c1-32-22-14-13-21(17-23(22)33-2)30(25(31)24(34-3)19-7-5-4-6-8-19)16-15-18-9-11-20(12-10-18)26(27,28)29;1-31-24-16-15-23(20-25(24)32-2)30-19-17-22-13-11-21(12-14-22)10-8-6-4-3-5-7-9-18-26(27,28)29/h4-14,17,24H,15-16H2,1-3H3;11-16,20,30H,3-10,17-19H2,1-2H3/t24-;/m0./s1. The molecule has 0 unspecified atom stereocenters. The molecule has 0 aliphatic heterocycles. The summed E-state index contributed by atoms with van der Waals surface area (Å²) in [6.45, 7) is 1.05. The van der Waals surface area contributed by atoms with Gasteiger partial charge >= 0.3 is 12.4 Å². The molecule has 0 aliphatic rings. The molecule has 0 radical (unpaired) electrons. The molecule has 5 aromatic carbocycles. The highest BCUT2D eigenvalue weighted by Crippen LogP contribution is 2.34. The lowest BCUT2D eigenvalue weighted by Gasteiger charge is -2.28. The second-order valence-electron chi connectivity index (χ2n) is 15.7. The molecular weight excluding hydrogens is 863 g/mol. The number of unbranched alkanes of at least 4 members (excludes halogenated alkanes) is 6. The summed E-state index contributed by atoms with van der Waals surface area (Å²) in [5.74, 6) is 2.07. The molecule has 0 saturated carbocycles. The molecule has 1 N–H and O–H groups in total. The van der Waals surface area contributed by atoms with Crippen molar-refractivity contribution in [2.24, 2.45) is 0 Å². The molecule has 0 aliphatic carbocycles. The minimum absolute atomic E-state index is 0.215. The molecule has 358 valence electrons. The summed E-state index contributed by atoms with van der Waals surface area (Å²) in [4.78, 5) is 15.2. The van der Waals surface area contributed by atoms with Crippen LogP contribution < -0.4 is 29.2 Å². The topological polar surface area (TPSA) is 78.5 Å². The van der Waals surface area contributed by atoms with E-state index >= 15 is 0 Å². The molecule has 66 heavy (non-hydrogen) atoms. The molecule has 1 atom stereocenters. The Hall–Kier alpha value is -5.89. The van der Waals surface area contributed by atoms with Crippen molar-refractivity contribution >= 4 is 17.3 Å². The van der Waals surface area contributed by atoms with E-state index in [0.29, 0.717) is 46.9 Å². The molecule has 0 saturated heterocycles. The highest BCUT2D eigenvalue weighted by molar-refractivity contribution is 5.97. The van der Waals surface area contributed by atoms with Crippen molar-refractivity contribution < 1.29 is 54.8 Å². The van der Waals surface area contributed by atoms with Crippen molar-refractivity contribution in [3.05, 3.63) is 143 Å². The van der Waals surface area contributed by atoms with E-state index in [9.17, 15) is 31.1 Å². The Bertz CT molecular complexity index is 2170. The maximum atomic E-state index is 13.6. The van der Waals surface area contributed by atoms with E-state index in [-0.39, 0.29) is 18.9 Å². The van der Waals surface area contributed by atoms with E-state index in [1.54, 1.807) is 49.5 Å². The van der Waals surface area contributed by atoms with Gasteiger partial charge in [0.05, 0.1) is 34.0 Å². The van der Waals surface area contributed by atoms with Crippen molar-refractivity contribution in [2.45, 2.75) is 89.1 Å². The van der Waals surface area contributed by atoms with Crippen LogP contribution in [0.4, 0.5) is 37.7 Å². The Balaban J connectivity index is 0.000000289. The Kier molecular flexibility index (Phi) is 21.5. The number of anilines is 2. The van der Waals surface area contributed by atoms with Crippen LogP contribution in [-0.2, 0) is 35.0 Å². The smallest absolute Gasteiger partial charge is 0.416 e. The number of ether oxygens (including phenoxy) is 5. The van der Waals surface area contributed by atoms with Gasteiger partial charge in [-0.15, -0.1) is 0 Å². The second kappa shape index (κ2) is 26.9. The summed E-state index contributed by atoms with van der Waals surface area (Å²) in [5, 5.41) is 3.42. The lowest BCUT2D eigenvalue weighted by atomic mass is 10.0. The number of nitrogens with one attached hydrogen (secondary N) is 1. The van der Waals surface area contributed by atoms with Gasteiger partial charge in [-0.25, -0.2) is 0 Å². The van der Waals surface area contributed by atoms with Crippen LogP contribution in [0.2, 0.25) is 0 Å². The zero-order chi connectivity index (χ0) is 48.0. The number of methoxy groups -OCH3 is 5. The van der Waals surface area contributed by atoms with Crippen LogP contribution in [-0.4, -0.2) is 60.7 Å². The fourth-order valence-electron chi connectivity index (χ4n) is 7.32. The van der Waals surface area contributed by atoms with Gasteiger partial charge in [-0.3, -0.25) is 4.79 Å². The Morgan fingerprint density at radius 3 is 1.64 bits per heavy atom. The van der Waals surface area contributed by atoms with Crippen molar-refractivity contribution in [2.75, 3.05) is 58.9 Å². The van der Waals surface area contributed by atoms with E-state index in [0.717, 1.165) is 75.1 Å². The molecule has 5 aromatic rings. The molecule has 8 nitrogen and oxygen atoms in total. The quantitative estimate of drug-likeness (QED) is 0.0488. The number of amides is 1. The second-order valence-corrected chi connectivity index (χ2v) is 15.7. The Morgan fingerprint density at radius 1 is 0.561 bits per heavy atom. The van der Waals surface area contributed by atoms with E-state index in [1.807, 2.05) is 36.4 Å². The van der Waals surface area contributed by atoms with Crippen LogP contribution in [0.1, 0.15) is 85.3 Å². The van der Waals surface area contributed by atoms with Crippen LogP contribution in [0.15, 0.2) is 115 Å². The van der Waals surface area contributed by atoms with Gasteiger partial charge in [-0.2, -0.15) is 26.3 Å². The normalized spacial score (nSPS) is 11.8. The first kappa shape index (κ1) is 52.7. The number of aryl methyl sites for hydroxylation is 1. The number of hydrogen-bond donors (Lipinski definition) is 1. The number of alkyl halides is 6. The molecule has 0 heterocycles. The molecule has 14 heteroatoms. The number of hydrogen-bond acceptors (Lipinski definition) is 7. The third kappa shape index (κ3) is 17.5. The van der Waals surface area contributed by atoms with Gasteiger partial charge in [0, 0.05) is 50.1 Å². The predicted octanol–water partition coefficient (Wildman–Crippen LogP) is 13.3. The highest BCUT2D eigenvalue weighted by Gasteiger charge is 2.31. The maximum Gasteiger partial charge on any atom is 0.416 e. The Labute approximate surface area is 385 Å². The zero-order valence-corrected chi connectivity index (χ0v) is 38.4. The summed E-state index contributed by atoms with van der Waals surface area (Å²) >= 11 is 0.